The van der Waals surface area contributed by atoms with Gasteiger partial charge < -0.3 is 14.8 Å². The smallest absolute Gasteiger partial charge is 0.341 e. The van der Waals surface area contributed by atoms with Crippen molar-refractivity contribution < 1.29 is 19.1 Å². The normalized spacial score (nSPS) is 15.0. The van der Waals surface area contributed by atoms with E-state index in [4.69, 9.17) is 9.47 Å². The van der Waals surface area contributed by atoms with Crippen molar-refractivity contribution in [3.05, 3.63) is 80.1 Å². The minimum atomic E-state index is -0.397. The largest absolute Gasteiger partial charge is 0.496 e. The number of nitrogens with one attached hydrogen (secondary N) is 1. The molecule has 0 aliphatic heterocycles. The van der Waals surface area contributed by atoms with E-state index >= 15 is 0 Å². The second kappa shape index (κ2) is 9.88. The maximum Gasteiger partial charge on any atom is 0.341 e. The molecule has 166 valence electrons. The fourth-order valence-corrected chi connectivity index (χ4v) is 5.55. The van der Waals surface area contributed by atoms with Crippen LogP contribution in [0.2, 0.25) is 0 Å². The Hall–Kier alpha value is -2.64. The molecule has 0 fully saturated rings. The van der Waals surface area contributed by atoms with E-state index in [1.807, 2.05) is 5.38 Å². The Labute approximate surface area is 199 Å². The standard InChI is InChI=1S/C25H24BrNO4S/c1-3-31-25(29)22-19(17-9-8-15-6-4-5-7-16(15)12-17)14-32-24(22)27-23(28)18-10-11-20(26)21(13-18)30-2/h4-7,10-11,13-14,17H,3,8-9,12H2,1-2H3,(H,27,28). The molecule has 1 unspecified atom stereocenters. The van der Waals surface area contributed by atoms with Crippen LogP contribution in [0.25, 0.3) is 0 Å². The molecule has 7 heteroatoms. The Balaban J connectivity index is 1.64. The minimum absolute atomic E-state index is 0.207. The predicted molar refractivity (Wildman–Crippen MR) is 130 cm³/mol. The van der Waals surface area contributed by atoms with Crippen molar-refractivity contribution in [3.8, 4) is 5.75 Å². The van der Waals surface area contributed by atoms with E-state index < -0.39 is 5.97 Å². The van der Waals surface area contributed by atoms with Gasteiger partial charge in [-0.25, -0.2) is 4.79 Å². The molecule has 0 saturated heterocycles. The summed E-state index contributed by atoms with van der Waals surface area (Å²) >= 11 is 4.77. The maximum absolute atomic E-state index is 12.9. The monoisotopic (exact) mass is 513 g/mol. The van der Waals surface area contributed by atoms with E-state index in [0.29, 0.717) is 21.9 Å². The number of halogens is 1. The first kappa shape index (κ1) is 22.6. The summed E-state index contributed by atoms with van der Waals surface area (Å²) in [6.07, 6.45) is 2.80. The molecule has 0 spiro atoms. The molecule has 1 N–H and O–H groups in total. The lowest BCUT2D eigenvalue weighted by Gasteiger charge is -2.25. The van der Waals surface area contributed by atoms with Crippen LogP contribution in [0.3, 0.4) is 0 Å². The van der Waals surface area contributed by atoms with Crippen LogP contribution >= 0.6 is 27.3 Å². The number of anilines is 1. The van der Waals surface area contributed by atoms with Gasteiger partial charge in [0.1, 0.15) is 10.8 Å². The molecule has 1 heterocycles. The zero-order chi connectivity index (χ0) is 22.7. The summed E-state index contributed by atoms with van der Waals surface area (Å²) < 4.78 is 11.4. The number of hydrogen-bond donors (Lipinski definition) is 1. The van der Waals surface area contributed by atoms with E-state index in [2.05, 4.69) is 45.5 Å². The van der Waals surface area contributed by atoms with E-state index in [9.17, 15) is 9.59 Å². The summed E-state index contributed by atoms with van der Waals surface area (Å²) in [7, 11) is 1.55. The zero-order valence-corrected chi connectivity index (χ0v) is 20.3. The fourth-order valence-electron chi connectivity index (χ4n) is 4.12. The van der Waals surface area contributed by atoms with Gasteiger partial charge >= 0.3 is 5.97 Å². The third-order valence-corrected chi connectivity index (χ3v) is 7.29. The molecule has 1 aliphatic carbocycles. The molecule has 0 saturated carbocycles. The number of ether oxygens (including phenoxy) is 2. The first-order chi connectivity index (χ1) is 15.5. The summed E-state index contributed by atoms with van der Waals surface area (Å²) in [5.74, 6) is 0.0741. The number of aryl methyl sites for hydroxylation is 1. The number of thiophene rings is 1. The molecule has 4 rings (SSSR count). The molecule has 5 nitrogen and oxygen atoms in total. The number of fused-ring (bicyclic) bond motifs is 1. The van der Waals surface area contributed by atoms with Crippen LogP contribution in [-0.4, -0.2) is 25.6 Å². The lowest BCUT2D eigenvalue weighted by Crippen LogP contribution is -2.18. The van der Waals surface area contributed by atoms with Crippen LogP contribution in [0.1, 0.15) is 56.7 Å². The molecule has 0 bridgehead atoms. The lowest BCUT2D eigenvalue weighted by molar-refractivity contribution is 0.0526. The molecule has 1 aliphatic rings. The summed E-state index contributed by atoms with van der Waals surface area (Å²) in [6.45, 7) is 2.06. The van der Waals surface area contributed by atoms with Crippen LogP contribution in [0, 0.1) is 0 Å². The summed E-state index contributed by atoms with van der Waals surface area (Å²) in [6, 6.07) is 13.6. The third-order valence-electron chi connectivity index (χ3n) is 5.73. The van der Waals surface area contributed by atoms with Crippen LogP contribution in [-0.2, 0) is 17.6 Å². The van der Waals surface area contributed by atoms with Crippen molar-refractivity contribution in [2.24, 2.45) is 0 Å². The third kappa shape index (κ3) is 4.59. The van der Waals surface area contributed by atoms with Crippen molar-refractivity contribution in [1.82, 2.24) is 0 Å². The number of amides is 1. The molecule has 0 radical (unpaired) electrons. The average molecular weight is 514 g/mol. The summed E-state index contributed by atoms with van der Waals surface area (Å²) in [5, 5.41) is 5.43. The lowest BCUT2D eigenvalue weighted by atomic mass is 9.80. The first-order valence-electron chi connectivity index (χ1n) is 10.5. The van der Waals surface area contributed by atoms with Gasteiger partial charge in [0.05, 0.1) is 23.8 Å². The van der Waals surface area contributed by atoms with Crippen LogP contribution in [0.4, 0.5) is 5.00 Å². The fraction of sp³-hybridized carbons (Fsp3) is 0.280. The van der Waals surface area contributed by atoms with Crippen molar-refractivity contribution in [2.45, 2.75) is 32.1 Å². The number of esters is 1. The van der Waals surface area contributed by atoms with Gasteiger partial charge in [-0.05, 0) is 88.3 Å². The van der Waals surface area contributed by atoms with Crippen LogP contribution in [0.5, 0.6) is 5.75 Å². The van der Waals surface area contributed by atoms with Gasteiger partial charge in [-0.1, -0.05) is 24.3 Å². The van der Waals surface area contributed by atoms with Gasteiger partial charge in [-0.3, -0.25) is 4.79 Å². The first-order valence-corrected chi connectivity index (χ1v) is 12.2. The van der Waals surface area contributed by atoms with E-state index in [1.165, 1.54) is 22.5 Å². The Kier molecular flexibility index (Phi) is 6.96. The van der Waals surface area contributed by atoms with E-state index in [1.54, 1.807) is 32.2 Å². The number of methoxy groups -OCH3 is 1. The average Bonchev–Trinajstić information content (AvgIpc) is 3.22. The number of rotatable bonds is 6. The highest BCUT2D eigenvalue weighted by Gasteiger charge is 2.29. The number of hydrogen-bond acceptors (Lipinski definition) is 5. The highest BCUT2D eigenvalue weighted by Crippen LogP contribution is 2.40. The molecule has 32 heavy (non-hydrogen) atoms. The Morgan fingerprint density at radius 3 is 2.72 bits per heavy atom. The van der Waals surface area contributed by atoms with Gasteiger partial charge in [0.25, 0.3) is 5.91 Å². The molecule has 1 atom stereocenters. The molecule has 1 aromatic heterocycles. The second-order valence-electron chi connectivity index (χ2n) is 7.63. The summed E-state index contributed by atoms with van der Waals surface area (Å²) in [4.78, 5) is 25.9. The van der Waals surface area contributed by atoms with Gasteiger partial charge in [0.15, 0.2) is 0 Å². The van der Waals surface area contributed by atoms with Gasteiger partial charge in [0.2, 0.25) is 0 Å². The molecule has 1 amide bonds. The van der Waals surface area contributed by atoms with Crippen molar-refractivity contribution in [1.29, 1.82) is 0 Å². The highest BCUT2D eigenvalue weighted by atomic mass is 79.9. The van der Waals surface area contributed by atoms with Crippen LogP contribution < -0.4 is 10.1 Å². The molecular weight excluding hydrogens is 490 g/mol. The van der Waals surface area contributed by atoms with Gasteiger partial charge in [0, 0.05) is 5.56 Å². The minimum Gasteiger partial charge on any atom is -0.496 e. The Morgan fingerprint density at radius 2 is 1.97 bits per heavy atom. The number of benzene rings is 2. The maximum atomic E-state index is 12.9. The van der Waals surface area contributed by atoms with Gasteiger partial charge in [-0.15, -0.1) is 11.3 Å². The highest BCUT2D eigenvalue weighted by molar-refractivity contribution is 9.10. The molecular formula is C25H24BrNO4S. The number of carbonyl (C=O) groups is 2. The Morgan fingerprint density at radius 1 is 1.19 bits per heavy atom. The van der Waals surface area contributed by atoms with E-state index in [-0.39, 0.29) is 18.4 Å². The van der Waals surface area contributed by atoms with E-state index in [0.717, 1.165) is 29.3 Å². The molecule has 3 aromatic rings. The van der Waals surface area contributed by atoms with Crippen molar-refractivity contribution in [2.75, 3.05) is 19.0 Å². The predicted octanol–water partition coefficient (Wildman–Crippen LogP) is 6.22. The quantitative estimate of drug-likeness (QED) is 0.397. The van der Waals surface area contributed by atoms with Crippen molar-refractivity contribution >= 4 is 44.1 Å². The topological polar surface area (TPSA) is 64.6 Å². The molecule has 2 aromatic carbocycles. The second-order valence-corrected chi connectivity index (χ2v) is 9.36. The van der Waals surface area contributed by atoms with Crippen LogP contribution in [0.15, 0.2) is 52.3 Å². The summed E-state index contributed by atoms with van der Waals surface area (Å²) in [5.41, 5.74) is 4.55. The van der Waals surface area contributed by atoms with Gasteiger partial charge in [-0.2, -0.15) is 0 Å². The Bertz CT molecular complexity index is 1160. The number of carbonyl (C=O) groups excluding carboxylic acids is 2. The zero-order valence-electron chi connectivity index (χ0n) is 17.9. The van der Waals surface area contributed by atoms with Crippen molar-refractivity contribution in [3.63, 3.8) is 0 Å². The SMILES string of the molecule is CCOC(=O)c1c(C2CCc3ccccc3C2)csc1NC(=O)c1ccc(Br)c(OC)c1.